The topological polar surface area (TPSA) is 32.3 Å². The second-order valence-electron chi connectivity index (χ2n) is 5.05. The van der Waals surface area contributed by atoms with Crippen molar-refractivity contribution in [2.75, 3.05) is 36.0 Å². The molecule has 0 amide bonds. The highest BCUT2D eigenvalue weighted by Gasteiger charge is 2.19. The first-order valence-corrected chi connectivity index (χ1v) is 7.26. The minimum atomic E-state index is -0.205. The van der Waals surface area contributed by atoms with Crippen LogP contribution in [0.4, 0.5) is 15.9 Å². The summed E-state index contributed by atoms with van der Waals surface area (Å²) in [5.41, 5.74) is 1.05. The van der Waals surface area contributed by atoms with E-state index in [0.29, 0.717) is 11.0 Å². The Hall–Kier alpha value is -1.88. The molecule has 2 heterocycles. The van der Waals surface area contributed by atoms with Gasteiger partial charge in [-0.25, -0.2) is 14.4 Å². The fourth-order valence-corrected chi connectivity index (χ4v) is 2.74. The molecular formula is C15H16ClFN4. The zero-order chi connectivity index (χ0) is 14.8. The van der Waals surface area contributed by atoms with Gasteiger partial charge >= 0.3 is 0 Å². The molecule has 110 valence electrons. The second-order valence-corrected chi connectivity index (χ2v) is 5.43. The standard InChI is InChI=1S/C15H16ClFN4/c1-11-18-14(16)10-15(19-11)21-8-6-20(7-9-21)13-4-2-12(17)3-5-13/h2-5,10H,6-9H2,1H3. The molecule has 0 radical (unpaired) electrons. The van der Waals surface area contributed by atoms with Gasteiger partial charge in [-0.1, -0.05) is 11.6 Å². The highest BCUT2D eigenvalue weighted by atomic mass is 35.5. The van der Waals surface area contributed by atoms with E-state index in [9.17, 15) is 4.39 Å². The van der Waals surface area contributed by atoms with E-state index in [1.165, 1.54) is 12.1 Å². The summed E-state index contributed by atoms with van der Waals surface area (Å²) in [6.45, 7) is 5.27. The van der Waals surface area contributed by atoms with Gasteiger partial charge in [0.15, 0.2) is 0 Å². The molecule has 2 aromatic rings. The molecule has 0 unspecified atom stereocenters. The van der Waals surface area contributed by atoms with Crippen molar-refractivity contribution < 1.29 is 4.39 Å². The van der Waals surface area contributed by atoms with Crippen LogP contribution in [-0.2, 0) is 0 Å². The molecule has 0 bridgehead atoms. The lowest BCUT2D eigenvalue weighted by atomic mass is 10.2. The van der Waals surface area contributed by atoms with Gasteiger partial charge in [-0.15, -0.1) is 0 Å². The van der Waals surface area contributed by atoms with Crippen LogP contribution < -0.4 is 9.80 Å². The summed E-state index contributed by atoms with van der Waals surface area (Å²) in [4.78, 5) is 12.9. The Morgan fingerprint density at radius 2 is 1.62 bits per heavy atom. The van der Waals surface area contributed by atoms with Crippen molar-refractivity contribution in [1.29, 1.82) is 0 Å². The lowest BCUT2D eigenvalue weighted by Gasteiger charge is -2.36. The molecule has 1 saturated heterocycles. The molecule has 6 heteroatoms. The molecule has 0 atom stereocenters. The summed E-state index contributed by atoms with van der Waals surface area (Å²) in [6, 6.07) is 8.42. The smallest absolute Gasteiger partial charge is 0.134 e. The van der Waals surface area contributed by atoms with E-state index in [-0.39, 0.29) is 5.82 Å². The number of aryl methyl sites for hydroxylation is 1. The molecule has 0 spiro atoms. The number of hydrogen-bond donors (Lipinski definition) is 0. The number of aromatic nitrogens is 2. The van der Waals surface area contributed by atoms with E-state index in [4.69, 9.17) is 11.6 Å². The Morgan fingerprint density at radius 1 is 1.00 bits per heavy atom. The summed E-state index contributed by atoms with van der Waals surface area (Å²) in [6.07, 6.45) is 0. The molecule has 1 aliphatic rings. The lowest BCUT2D eigenvalue weighted by Crippen LogP contribution is -2.46. The number of nitrogens with zero attached hydrogens (tertiary/aromatic N) is 4. The molecule has 1 fully saturated rings. The molecular weight excluding hydrogens is 291 g/mol. The monoisotopic (exact) mass is 306 g/mol. The number of hydrogen-bond acceptors (Lipinski definition) is 4. The molecule has 1 aromatic carbocycles. The van der Waals surface area contributed by atoms with Gasteiger partial charge in [0.25, 0.3) is 0 Å². The summed E-state index contributed by atoms with van der Waals surface area (Å²) in [5.74, 6) is 1.34. The number of piperazine rings is 1. The number of benzene rings is 1. The third-order valence-corrected chi connectivity index (χ3v) is 3.78. The van der Waals surface area contributed by atoms with Crippen molar-refractivity contribution in [2.24, 2.45) is 0 Å². The normalized spacial score (nSPS) is 15.4. The van der Waals surface area contributed by atoms with Crippen molar-refractivity contribution in [2.45, 2.75) is 6.92 Å². The molecule has 4 nitrogen and oxygen atoms in total. The van der Waals surface area contributed by atoms with Crippen molar-refractivity contribution >= 4 is 23.1 Å². The maximum Gasteiger partial charge on any atom is 0.134 e. The van der Waals surface area contributed by atoms with E-state index in [2.05, 4.69) is 19.8 Å². The van der Waals surface area contributed by atoms with E-state index in [1.807, 2.05) is 19.1 Å². The largest absolute Gasteiger partial charge is 0.368 e. The molecule has 21 heavy (non-hydrogen) atoms. The van der Waals surface area contributed by atoms with Gasteiger partial charge in [0.05, 0.1) is 0 Å². The molecule has 0 N–H and O–H groups in total. The van der Waals surface area contributed by atoms with Gasteiger partial charge in [0.1, 0.15) is 22.6 Å². The van der Waals surface area contributed by atoms with Crippen LogP contribution in [0, 0.1) is 12.7 Å². The molecule has 3 rings (SSSR count). The molecule has 1 aromatic heterocycles. The molecule has 0 aliphatic carbocycles. The van der Waals surface area contributed by atoms with E-state index in [1.54, 1.807) is 6.07 Å². The maximum absolute atomic E-state index is 13.0. The van der Waals surface area contributed by atoms with Crippen LogP contribution in [0.5, 0.6) is 0 Å². The van der Waals surface area contributed by atoms with Crippen LogP contribution >= 0.6 is 11.6 Å². The third kappa shape index (κ3) is 3.24. The van der Waals surface area contributed by atoms with Crippen molar-refractivity contribution in [3.63, 3.8) is 0 Å². The van der Waals surface area contributed by atoms with Crippen molar-refractivity contribution in [3.05, 3.63) is 47.1 Å². The zero-order valence-corrected chi connectivity index (χ0v) is 12.5. The first-order chi connectivity index (χ1) is 10.1. The number of rotatable bonds is 2. The summed E-state index contributed by atoms with van der Waals surface area (Å²) >= 11 is 5.99. The Balaban J connectivity index is 1.68. The lowest BCUT2D eigenvalue weighted by molar-refractivity contribution is 0.624. The van der Waals surface area contributed by atoms with Gasteiger partial charge in [-0.05, 0) is 31.2 Å². The highest BCUT2D eigenvalue weighted by Crippen LogP contribution is 2.21. The van der Waals surface area contributed by atoms with Crippen LogP contribution in [0.2, 0.25) is 5.15 Å². The SMILES string of the molecule is Cc1nc(Cl)cc(N2CCN(c3ccc(F)cc3)CC2)n1. The van der Waals surface area contributed by atoms with Crippen LogP contribution in [0.25, 0.3) is 0 Å². The van der Waals surface area contributed by atoms with Crippen LogP contribution in [0.1, 0.15) is 5.82 Å². The molecule has 0 saturated carbocycles. The Morgan fingerprint density at radius 3 is 2.24 bits per heavy atom. The van der Waals surface area contributed by atoms with Gasteiger partial charge in [0.2, 0.25) is 0 Å². The fraction of sp³-hybridized carbons (Fsp3) is 0.333. The van der Waals surface area contributed by atoms with Gasteiger partial charge < -0.3 is 9.80 Å². The minimum Gasteiger partial charge on any atom is -0.368 e. The number of anilines is 2. The first kappa shape index (κ1) is 14.1. The summed E-state index contributed by atoms with van der Waals surface area (Å²) < 4.78 is 13.0. The predicted molar refractivity (Wildman–Crippen MR) is 82.6 cm³/mol. The predicted octanol–water partition coefficient (Wildman–Crippen LogP) is 2.90. The van der Waals surface area contributed by atoms with Crippen LogP contribution in [0.15, 0.2) is 30.3 Å². The van der Waals surface area contributed by atoms with E-state index in [0.717, 1.165) is 37.7 Å². The third-order valence-electron chi connectivity index (χ3n) is 3.59. The number of halogens is 2. The maximum atomic E-state index is 13.0. The van der Waals surface area contributed by atoms with Crippen molar-refractivity contribution in [1.82, 2.24) is 9.97 Å². The Labute approximate surface area is 128 Å². The quantitative estimate of drug-likeness (QED) is 0.799. The first-order valence-electron chi connectivity index (χ1n) is 6.88. The average molecular weight is 307 g/mol. The molecule has 1 aliphatic heterocycles. The van der Waals surface area contributed by atoms with Crippen molar-refractivity contribution in [3.8, 4) is 0 Å². The Kier molecular flexibility index (Phi) is 3.92. The van der Waals surface area contributed by atoms with Gasteiger partial charge in [-0.3, -0.25) is 0 Å². The summed E-state index contributed by atoms with van der Waals surface area (Å²) in [5, 5.41) is 0.471. The Bertz CT molecular complexity index is 604. The average Bonchev–Trinajstić information content (AvgIpc) is 2.47. The van der Waals surface area contributed by atoms with E-state index >= 15 is 0 Å². The van der Waals surface area contributed by atoms with E-state index < -0.39 is 0 Å². The fourth-order valence-electron chi connectivity index (χ4n) is 2.52. The van der Waals surface area contributed by atoms with Crippen LogP contribution in [0.3, 0.4) is 0 Å². The zero-order valence-electron chi connectivity index (χ0n) is 11.8. The van der Waals surface area contributed by atoms with Gasteiger partial charge in [-0.2, -0.15) is 0 Å². The minimum absolute atomic E-state index is 0.205. The highest BCUT2D eigenvalue weighted by molar-refractivity contribution is 6.29. The second kappa shape index (κ2) is 5.85. The van der Waals surface area contributed by atoms with Crippen LogP contribution in [-0.4, -0.2) is 36.1 Å². The van der Waals surface area contributed by atoms with Gasteiger partial charge in [0, 0.05) is 37.9 Å². The summed E-state index contributed by atoms with van der Waals surface area (Å²) in [7, 11) is 0.